The zero-order valence-corrected chi connectivity index (χ0v) is 15.9. The van der Waals surface area contributed by atoms with Gasteiger partial charge in [0.1, 0.15) is 0 Å². The second-order valence-electron chi connectivity index (χ2n) is 6.26. The van der Waals surface area contributed by atoms with Gasteiger partial charge in [0.25, 0.3) is 0 Å². The molecule has 0 aliphatic carbocycles. The van der Waals surface area contributed by atoms with E-state index in [1.54, 1.807) is 13.8 Å². The number of ether oxygens (including phenoxy) is 1. The Morgan fingerprint density at radius 2 is 1.15 bits per heavy atom. The Morgan fingerprint density at radius 3 is 1.48 bits per heavy atom. The fourth-order valence-electron chi connectivity index (χ4n) is 1.65. The maximum atomic E-state index is 12.5. The van der Waals surface area contributed by atoms with E-state index in [1.807, 2.05) is 0 Å². The molecular weight excluding hydrogens is 356 g/mol. The first-order valence-corrected chi connectivity index (χ1v) is 8.03. The van der Waals surface area contributed by atoms with Gasteiger partial charge in [-0.05, 0) is 50.5 Å². The van der Waals surface area contributed by atoms with E-state index in [-0.39, 0.29) is 40.4 Å². The molecule has 0 fully saturated rings. The molecule has 0 saturated carbocycles. The molecule has 27 heavy (non-hydrogen) atoms. The monoisotopic (exact) mass is 380 g/mol. The molecule has 0 spiro atoms. The van der Waals surface area contributed by atoms with Gasteiger partial charge in [-0.25, -0.2) is 19.2 Å². The van der Waals surface area contributed by atoms with E-state index in [1.165, 1.54) is 20.8 Å². The molecule has 0 unspecified atom stereocenters. The molecule has 0 aromatic carbocycles. The van der Waals surface area contributed by atoms with Gasteiger partial charge >= 0.3 is 23.9 Å². The topological polar surface area (TPSA) is 138 Å². The number of carbonyl (C=O) groups is 4. The maximum Gasteiger partial charge on any atom is 0.338 e. The van der Waals surface area contributed by atoms with Crippen molar-refractivity contribution in [2.45, 2.75) is 34.6 Å². The number of allylic oxidation sites excluding steroid dienone is 3. The summed E-state index contributed by atoms with van der Waals surface area (Å²) in [7, 11) is 0. The lowest BCUT2D eigenvalue weighted by molar-refractivity contribution is -0.140. The van der Waals surface area contributed by atoms with Crippen molar-refractivity contribution in [3.8, 4) is 0 Å². The van der Waals surface area contributed by atoms with Crippen LogP contribution in [0.2, 0.25) is 0 Å². The average molecular weight is 380 g/mol. The quantitative estimate of drug-likeness (QED) is 0.315. The van der Waals surface area contributed by atoms with Crippen molar-refractivity contribution in [3.63, 3.8) is 0 Å². The molecule has 8 heteroatoms. The first-order valence-electron chi connectivity index (χ1n) is 8.03. The van der Waals surface area contributed by atoms with Crippen LogP contribution >= 0.6 is 0 Å². The normalized spacial score (nSPS) is 12.6. The molecule has 0 radical (unpaired) electrons. The first-order chi connectivity index (χ1) is 12.4. The van der Waals surface area contributed by atoms with Gasteiger partial charge in [0.2, 0.25) is 0 Å². The first kappa shape index (κ1) is 23.8. The van der Waals surface area contributed by atoms with E-state index >= 15 is 0 Å². The summed E-state index contributed by atoms with van der Waals surface area (Å²) in [6.07, 6.45) is 3.20. The lowest BCUT2D eigenvalue weighted by Gasteiger charge is -2.11. The van der Waals surface area contributed by atoms with Gasteiger partial charge in [-0.1, -0.05) is 13.8 Å². The molecule has 3 N–H and O–H groups in total. The van der Waals surface area contributed by atoms with E-state index in [0.29, 0.717) is 0 Å². The van der Waals surface area contributed by atoms with Crippen molar-refractivity contribution < 1.29 is 39.2 Å². The predicted molar refractivity (Wildman–Crippen MR) is 97.0 cm³/mol. The molecule has 0 bridgehead atoms. The van der Waals surface area contributed by atoms with Crippen LogP contribution in [0.4, 0.5) is 0 Å². The molecule has 0 aromatic rings. The summed E-state index contributed by atoms with van der Waals surface area (Å²) in [6.45, 7) is 7.43. The van der Waals surface area contributed by atoms with Crippen LogP contribution < -0.4 is 0 Å². The van der Waals surface area contributed by atoms with E-state index in [4.69, 9.17) is 20.1 Å². The summed E-state index contributed by atoms with van der Waals surface area (Å²) >= 11 is 0. The molecule has 0 saturated heterocycles. The standard InChI is InChI=1S/C19H24O8/c1-10(2)9-27-19(26)15(8-13(5)18(24)25)14(6-11(3)16(20)21)7-12(4)17(22)23/h6-8,10H,9H2,1-5H3,(H,20,21)(H,22,23)(H,24,25). The summed E-state index contributed by atoms with van der Waals surface area (Å²) in [6, 6.07) is 0. The zero-order valence-electron chi connectivity index (χ0n) is 15.9. The van der Waals surface area contributed by atoms with Gasteiger partial charge in [0, 0.05) is 16.7 Å². The highest BCUT2D eigenvalue weighted by Crippen LogP contribution is 2.19. The van der Waals surface area contributed by atoms with Crippen molar-refractivity contribution in [3.05, 3.63) is 46.1 Å². The Kier molecular flexibility index (Phi) is 9.49. The minimum Gasteiger partial charge on any atom is -0.478 e. The zero-order chi connectivity index (χ0) is 21.3. The van der Waals surface area contributed by atoms with Crippen LogP contribution in [0.1, 0.15) is 34.6 Å². The lowest BCUT2D eigenvalue weighted by Crippen LogP contribution is -2.14. The minimum atomic E-state index is -1.29. The Balaban J connectivity index is 6.70. The van der Waals surface area contributed by atoms with Gasteiger partial charge in [-0.3, -0.25) is 0 Å². The van der Waals surface area contributed by atoms with E-state index in [9.17, 15) is 19.2 Å². The molecule has 0 heterocycles. The van der Waals surface area contributed by atoms with Gasteiger partial charge in [0.05, 0.1) is 12.2 Å². The SMILES string of the molecule is CC(=CC(C=C(C)C(=O)O)=C(C=C(C)C(=O)O)C(=O)OCC(C)C)C(=O)O. The average Bonchev–Trinajstić information content (AvgIpc) is 2.55. The maximum absolute atomic E-state index is 12.5. The van der Waals surface area contributed by atoms with Crippen LogP contribution in [0.3, 0.4) is 0 Å². The fourth-order valence-corrected chi connectivity index (χ4v) is 1.65. The van der Waals surface area contributed by atoms with Gasteiger partial charge < -0.3 is 20.1 Å². The second-order valence-corrected chi connectivity index (χ2v) is 6.26. The Bertz CT molecular complexity index is 716. The van der Waals surface area contributed by atoms with E-state index in [2.05, 4.69) is 0 Å². The third kappa shape index (κ3) is 8.66. The molecule has 148 valence electrons. The molecule has 0 aromatic heterocycles. The van der Waals surface area contributed by atoms with Crippen molar-refractivity contribution in [2.75, 3.05) is 6.61 Å². The third-order valence-electron chi connectivity index (χ3n) is 3.20. The molecule has 0 aliphatic rings. The van der Waals surface area contributed by atoms with Gasteiger partial charge in [-0.15, -0.1) is 0 Å². The fraction of sp³-hybridized carbons (Fsp3) is 0.368. The molecular formula is C19H24O8. The number of aliphatic carboxylic acids is 3. The number of rotatable bonds is 9. The number of carbonyl (C=O) groups excluding carboxylic acids is 1. The van der Waals surface area contributed by atoms with E-state index < -0.39 is 23.9 Å². The summed E-state index contributed by atoms with van der Waals surface area (Å²) in [5.74, 6) is -4.72. The number of carboxylic acid groups (broad SMARTS) is 3. The summed E-state index contributed by atoms with van der Waals surface area (Å²) in [4.78, 5) is 45.9. The van der Waals surface area contributed by atoms with Crippen LogP contribution in [-0.4, -0.2) is 45.8 Å². The van der Waals surface area contributed by atoms with Crippen LogP contribution in [0.25, 0.3) is 0 Å². The summed E-state index contributed by atoms with van der Waals surface area (Å²) in [5.41, 5.74) is -0.877. The lowest BCUT2D eigenvalue weighted by atomic mass is 10.0. The molecule has 0 rings (SSSR count). The third-order valence-corrected chi connectivity index (χ3v) is 3.20. The smallest absolute Gasteiger partial charge is 0.338 e. The number of carboxylic acids is 3. The van der Waals surface area contributed by atoms with Crippen molar-refractivity contribution in [2.24, 2.45) is 5.92 Å². The Hall–Kier alpha value is -3.16. The van der Waals surface area contributed by atoms with Crippen molar-refractivity contribution >= 4 is 23.9 Å². The van der Waals surface area contributed by atoms with Crippen molar-refractivity contribution in [1.29, 1.82) is 0 Å². The molecule has 0 atom stereocenters. The van der Waals surface area contributed by atoms with Crippen LogP contribution in [0.5, 0.6) is 0 Å². The minimum absolute atomic E-state index is 0.01000. The van der Waals surface area contributed by atoms with Crippen LogP contribution in [-0.2, 0) is 23.9 Å². The molecule has 0 aliphatic heterocycles. The highest BCUT2D eigenvalue weighted by Gasteiger charge is 2.17. The van der Waals surface area contributed by atoms with E-state index in [0.717, 1.165) is 18.2 Å². The summed E-state index contributed by atoms with van der Waals surface area (Å²) < 4.78 is 5.12. The predicted octanol–water partition coefficient (Wildman–Crippen LogP) is 2.57. The van der Waals surface area contributed by atoms with Gasteiger partial charge in [-0.2, -0.15) is 0 Å². The Morgan fingerprint density at radius 1 is 0.778 bits per heavy atom. The highest BCUT2D eigenvalue weighted by molar-refractivity contribution is 5.98. The molecule has 0 amide bonds. The van der Waals surface area contributed by atoms with Gasteiger partial charge in [0.15, 0.2) is 0 Å². The Labute approximate surface area is 157 Å². The van der Waals surface area contributed by atoms with Crippen LogP contribution in [0, 0.1) is 5.92 Å². The number of hydrogen-bond donors (Lipinski definition) is 3. The van der Waals surface area contributed by atoms with Crippen molar-refractivity contribution in [1.82, 2.24) is 0 Å². The summed E-state index contributed by atoms with van der Waals surface area (Å²) in [5, 5.41) is 27.3. The number of hydrogen-bond acceptors (Lipinski definition) is 5. The second kappa shape index (κ2) is 10.7. The van der Waals surface area contributed by atoms with Crippen LogP contribution in [0.15, 0.2) is 46.1 Å². The molecule has 8 nitrogen and oxygen atoms in total. The largest absolute Gasteiger partial charge is 0.478 e. The number of esters is 1. The highest BCUT2D eigenvalue weighted by atomic mass is 16.5.